The number of aromatic amines is 1. The number of hydrogen-bond donors (Lipinski definition) is 2. The summed E-state index contributed by atoms with van der Waals surface area (Å²) in [6.07, 6.45) is -0.387. The van der Waals surface area contributed by atoms with Crippen molar-refractivity contribution in [2.45, 2.75) is 31.7 Å². The van der Waals surface area contributed by atoms with Crippen LogP contribution in [-0.2, 0) is 6.54 Å². The lowest BCUT2D eigenvalue weighted by atomic mass is 10.5. The van der Waals surface area contributed by atoms with E-state index in [4.69, 9.17) is 5.11 Å². The number of nitrogens with one attached hydrogen (secondary N) is 1. The van der Waals surface area contributed by atoms with Crippen LogP contribution in [0.15, 0.2) is 9.95 Å². The number of aromatic nitrogens is 3. The normalized spacial score (nSPS) is 13.2. The molecule has 1 unspecified atom stereocenters. The summed E-state index contributed by atoms with van der Waals surface area (Å²) in [5.41, 5.74) is -0.199. The van der Waals surface area contributed by atoms with E-state index in [1.807, 2.05) is 6.92 Å². The minimum Gasteiger partial charge on any atom is -0.393 e. The molecule has 0 aliphatic carbocycles. The van der Waals surface area contributed by atoms with Gasteiger partial charge in [0, 0.05) is 12.3 Å². The molecule has 0 saturated carbocycles. The van der Waals surface area contributed by atoms with E-state index in [9.17, 15) is 4.79 Å². The first-order valence-electron chi connectivity index (χ1n) is 4.11. The van der Waals surface area contributed by atoms with E-state index >= 15 is 0 Å². The smallest absolute Gasteiger partial charge is 0.343 e. The molecular formula is C7H13N3O2S. The maximum atomic E-state index is 11.1. The van der Waals surface area contributed by atoms with Crippen molar-refractivity contribution in [3.63, 3.8) is 0 Å². The van der Waals surface area contributed by atoms with Gasteiger partial charge in [0.05, 0.1) is 6.10 Å². The molecule has 0 radical (unpaired) electrons. The highest BCUT2D eigenvalue weighted by atomic mass is 32.2. The highest BCUT2D eigenvalue weighted by molar-refractivity contribution is 7.99. The number of thioether (sulfide) groups is 1. The predicted molar refractivity (Wildman–Crippen MR) is 50.9 cm³/mol. The molecule has 1 aromatic heterocycles. The Hall–Kier alpha value is -0.750. The fourth-order valence-electron chi connectivity index (χ4n) is 0.887. The standard InChI is InChI=1S/C7H13N3O2S/c1-3-10-6(12)8-9-7(10)13-4-5(2)11/h5,11H,3-4H2,1-2H3,(H,8,12). The topological polar surface area (TPSA) is 70.9 Å². The van der Waals surface area contributed by atoms with Crippen LogP contribution in [0.4, 0.5) is 0 Å². The summed E-state index contributed by atoms with van der Waals surface area (Å²) in [5, 5.41) is 15.9. The second-order valence-corrected chi connectivity index (χ2v) is 3.70. The van der Waals surface area contributed by atoms with Crippen molar-refractivity contribution in [3.8, 4) is 0 Å². The van der Waals surface area contributed by atoms with Crippen LogP contribution in [0.1, 0.15) is 13.8 Å². The van der Waals surface area contributed by atoms with Crippen LogP contribution in [0.2, 0.25) is 0 Å². The molecule has 1 rings (SSSR count). The number of nitrogens with zero attached hydrogens (tertiary/aromatic N) is 2. The Morgan fingerprint density at radius 1 is 1.77 bits per heavy atom. The number of H-pyrrole nitrogens is 1. The monoisotopic (exact) mass is 203 g/mol. The average Bonchev–Trinajstić information content (AvgIpc) is 2.42. The molecule has 6 heteroatoms. The number of aliphatic hydroxyl groups excluding tert-OH is 1. The Morgan fingerprint density at radius 3 is 3.00 bits per heavy atom. The van der Waals surface area contributed by atoms with Gasteiger partial charge >= 0.3 is 5.69 Å². The Morgan fingerprint density at radius 2 is 2.46 bits per heavy atom. The summed E-state index contributed by atoms with van der Waals surface area (Å²) in [6, 6.07) is 0. The van der Waals surface area contributed by atoms with Gasteiger partial charge < -0.3 is 5.11 Å². The highest BCUT2D eigenvalue weighted by Gasteiger charge is 2.07. The van der Waals surface area contributed by atoms with Crippen LogP contribution in [0.5, 0.6) is 0 Å². The summed E-state index contributed by atoms with van der Waals surface area (Å²) < 4.78 is 1.53. The maximum absolute atomic E-state index is 11.1. The van der Waals surface area contributed by atoms with E-state index in [2.05, 4.69) is 10.2 Å². The lowest BCUT2D eigenvalue weighted by molar-refractivity contribution is 0.220. The molecule has 0 spiro atoms. The molecule has 13 heavy (non-hydrogen) atoms. The SMILES string of the molecule is CCn1c(SCC(C)O)n[nH]c1=O. The van der Waals surface area contributed by atoms with Crippen LogP contribution in [0, 0.1) is 0 Å². The molecule has 0 saturated heterocycles. The molecule has 1 aromatic rings. The van der Waals surface area contributed by atoms with Crippen molar-refractivity contribution in [2.75, 3.05) is 5.75 Å². The van der Waals surface area contributed by atoms with Crippen molar-refractivity contribution in [2.24, 2.45) is 0 Å². The van der Waals surface area contributed by atoms with Crippen molar-refractivity contribution >= 4 is 11.8 Å². The van der Waals surface area contributed by atoms with Gasteiger partial charge in [-0.15, -0.1) is 5.10 Å². The molecule has 74 valence electrons. The van der Waals surface area contributed by atoms with Crippen molar-refractivity contribution in [1.82, 2.24) is 14.8 Å². The lowest BCUT2D eigenvalue weighted by Crippen LogP contribution is -2.16. The molecule has 1 heterocycles. The minimum atomic E-state index is -0.387. The van der Waals surface area contributed by atoms with E-state index < -0.39 is 0 Å². The zero-order valence-electron chi connectivity index (χ0n) is 7.65. The zero-order chi connectivity index (χ0) is 9.84. The first-order valence-corrected chi connectivity index (χ1v) is 5.09. The second-order valence-electron chi connectivity index (χ2n) is 2.72. The summed E-state index contributed by atoms with van der Waals surface area (Å²) in [7, 11) is 0. The van der Waals surface area contributed by atoms with Gasteiger partial charge in [-0.25, -0.2) is 9.89 Å². The van der Waals surface area contributed by atoms with Crippen LogP contribution < -0.4 is 5.69 Å². The molecule has 0 amide bonds. The molecule has 0 aliphatic heterocycles. The van der Waals surface area contributed by atoms with Crippen molar-refractivity contribution < 1.29 is 5.11 Å². The largest absolute Gasteiger partial charge is 0.393 e. The molecule has 0 aliphatic rings. The van der Waals surface area contributed by atoms with Crippen molar-refractivity contribution in [3.05, 3.63) is 10.5 Å². The predicted octanol–water partition coefficient (Wildman–Crippen LogP) is 0.0642. The molecule has 1 atom stereocenters. The average molecular weight is 203 g/mol. The molecule has 0 aromatic carbocycles. The molecular weight excluding hydrogens is 190 g/mol. The van der Waals surface area contributed by atoms with Gasteiger partial charge in [-0.3, -0.25) is 4.57 Å². The van der Waals surface area contributed by atoms with Crippen LogP contribution in [0.3, 0.4) is 0 Å². The molecule has 2 N–H and O–H groups in total. The number of rotatable bonds is 4. The second kappa shape index (κ2) is 4.48. The van der Waals surface area contributed by atoms with Gasteiger partial charge in [0.1, 0.15) is 0 Å². The number of aliphatic hydroxyl groups is 1. The lowest BCUT2D eigenvalue weighted by Gasteiger charge is -2.03. The summed E-state index contributed by atoms with van der Waals surface area (Å²) in [5.74, 6) is 0.546. The van der Waals surface area contributed by atoms with E-state index in [0.717, 1.165) is 0 Å². The van der Waals surface area contributed by atoms with Gasteiger partial charge in [0.25, 0.3) is 0 Å². The third kappa shape index (κ3) is 2.60. The van der Waals surface area contributed by atoms with Gasteiger partial charge in [-0.2, -0.15) is 0 Å². The first-order chi connectivity index (χ1) is 6.15. The Kier molecular flexibility index (Phi) is 3.56. The summed E-state index contributed by atoms with van der Waals surface area (Å²) >= 11 is 1.37. The molecule has 5 nitrogen and oxygen atoms in total. The Labute approximate surface area is 80.2 Å². The zero-order valence-corrected chi connectivity index (χ0v) is 8.47. The van der Waals surface area contributed by atoms with Crippen molar-refractivity contribution in [1.29, 1.82) is 0 Å². The quantitative estimate of drug-likeness (QED) is 0.679. The van der Waals surface area contributed by atoms with Crippen LogP contribution >= 0.6 is 11.8 Å². The van der Waals surface area contributed by atoms with E-state index in [1.54, 1.807) is 6.92 Å². The fourth-order valence-corrected chi connectivity index (χ4v) is 1.76. The van der Waals surface area contributed by atoms with Gasteiger partial charge in [-0.1, -0.05) is 11.8 Å². The number of hydrogen-bond acceptors (Lipinski definition) is 4. The first kappa shape index (κ1) is 10.3. The third-order valence-corrected chi connectivity index (χ3v) is 2.71. The fraction of sp³-hybridized carbons (Fsp3) is 0.714. The van der Waals surface area contributed by atoms with Gasteiger partial charge in [0.2, 0.25) is 0 Å². The minimum absolute atomic E-state index is 0.199. The van der Waals surface area contributed by atoms with Crippen LogP contribution in [0.25, 0.3) is 0 Å². The molecule has 0 bridgehead atoms. The summed E-state index contributed by atoms with van der Waals surface area (Å²) in [6.45, 7) is 4.18. The maximum Gasteiger partial charge on any atom is 0.343 e. The van der Waals surface area contributed by atoms with E-state index in [1.165, 1.54) is 16.3 Å². The molecule has 0 fully saturated rings. The summed E-state index contributed by atoms with van der Waals surface area (Å²) in [4.78, 5) is 11.1. The third-order valence-electron chi connectivity index (χ3n) is 1.49. The van der Waals surface area contributed by atoms with Crippen LogP contribution in [-0.4, -0.2) is 31.7 Å². The van der Waals surface area contributed by atoms with Gasteiger partial charge in [-0.05, 0) is 13.8 Å². The highest BCUT2D eigenvalue weighted by Crippen LogP contribution is 2.13. The van der Waals surface area contributed by atoms with Gasteiger partial charge in [0.15, 0.2) is 5.16 Å². The van der Waals surface area contributed by atoms with E-state index in [0.29, 0.717) is 17.5 Å². The Bertz CT molecular complexity index is 318. The van der Waals surface area contributed by atoms with E-state index in [-0.39, 0.29) is 11.8 Å². The Balaban J connectivity index is 2.71.